The highest BCUT2D eigenvalue weighted by atomic mass is 35.5. The van der Waals surface area contributed by atoms with Crippen LogP contribution in [0.4, 0.5) is 0 Å². The zero-order valence-corrected chi connectivity index (χ0v) is 12.4. The first-order valence-electron chi connectivity index (χ1n) is 7.05. The summed E-state index contributed by atoms with van der Waals surface area (Å²) in [4.78, 5) is 26.1. The molecular formula is C16H15ClN2O2. The molecule has 2 amide bonds. The molecule has 0 aromatic heterocycles. The van der Waals surface area contributed by atoms with Crippen LogP contribution in [-0.2, 0) is 16.1 Å². The van der Waals surface area contributed by atoms with Crippen LogP contribution in [0, 0.1) is 29.1 Å². The van der Waals surface area contributed by atoms with Gasteiger partial charge >= 0.3 is 0 Å². The minimum atomic E-state index is -0.148. The maximum Gasteiger partial charge on any atom is 0.233 e. The van der Waals surface area contributed by atoms with Gasteiger partial charge in [0.05, 0.1) is 30.0 Å². The molecular weight excluding hydrogens is 288 g/mol. The number of nitriles is 1. The predicted molar refractivity (Wildman–Crippen MR) is 77.1 cm³/mol. The lowest BCUT2D eigenvalue weighted by Crippen LogP contribution is -2.31. The van der Waals surface area contributed by atoms with Crippen molar-refractivity contribution in [1.29, 1.82) is 5.26 Å². The number of imide groups is 1. The number of amides is 2. The van der Waals surface area contributed by atoms with Crippen molar-refractivity contribution < 1.29 is 9.59 Å². The third kappa shape index (κ3) is 2.32. The summed E-state index contributed by atoms with van der Waals surface area (Å²) in [5.74, 6) is -0.00702. The zero-order chi connectivity index (χ0) is 15.1. The summed E-state index contributed by atoms with van der Waals surface area (Å²) in [5.41, 5.74) is 1.17. The number of halogens is 1. The van der Waals surface area contributed by atoms with Crippen LogP contribution < -0.4 is 0 Å². The number of rotatable bonds is 2. The number of hydrogen-bond acceptors (Lipinski definition) is 3. The second-order valence-corrected chi connectivity index (χ2v) is 6.38. The second-order valence-electron chi connectivity index (χ2n) is 5.97. The number of carbonyl (C=O) groups is 2. The van der Waals surface area contributed by atoms with Gasteiger partial charge in [-0.2, -0.15) is 5.26 Å². The van der Waals surface area contributed by atoms with E-state index in [0.717, 1.165) is 12.8 Å². The number of benzene rings is 1. The van der Waals surface area contributed by atoms with Crippen molar-refractivity contribution in [3.8, 4) is 6.07 Å². The van der Waals surface area contributed by atoms with Gasteiger partial charge in [0.2, 0.25) is 11.8 Å². The van der Waals surface area contributed by atoms with Gasteiger partial charge in [-0.3, -0.25) is 14.5 Å². The topological polar surface area (TPSA) is 61.2 Å². The molecule has 3 rings (SSSR count). The SMILES string of the molecule is CC1CC2C(=O)N(Cc3ccc(C#N)cc3Cl)C(=O)C2C1. The summed E-state index contributed by atoms with van der Waals surface area (Å²) in [6.07, 6.45) is 1.60. The Labute approximate surface area is 128 Å². The van der Waals surface area contributed by atoms with E-state index in [1.165, 1.54) is 4.90 Å². The van der Waals surface area contributed by atoms with E-state index in [0.29, 0.717) is 22.1 Å². The van der Waals surface area contributed by atoms with Crippen LogP contribution in [0.3, 0.4) is 0 Å². The summed E-state index contributed by atoms with van der Waals surface area (Å²) in [7, 11) is 0. The quantitative estimate of drug-likeness (QED) is 0.789. The maximum atomic E-state index is 12.4. The minimum absolute atomic E-state index is 0.0743. The molecule has 21 heavy (non-hydrogen) atoms. The summed E-state index contributed by atoms with van der Waals surface area (Å²) >= 11 is 6.13. The Morgan fingerprint density at radius 1 is 1.29 bits per heavy atom. The predicted octanol–water partition coefficient (Wildman–Crippen LogP) is 2.74. The van der Waals surface area contributed by atoms with Crippen molar-refractivity contribution in [3.63, 3.8) is 0 Å². The van der Waals surface area contributed by atoms with E-state index >= 15 is 0 Å². The molecule has 0 N–H and O–H groups in total. The smallest absolute Gasteiger partial charge is 0.233 e. The molecule has 2 fully saturated rings. The van der Waals surface area contributed by atoms with E-state index in [1.54, 1.807) is 18.2 Å². The summed E-state index contributed by atoms with van der Waals surface area (Å²) in [6.45, 7) is 2.28. The number of hydrogen-bond donors (Lipinski definition) is 0. The molecule has 1 aromatic rings. The first kappa shape index (κ1) is 14.1. The number of carbonyl (C=O) groups excluding carboxylic acids is 2. The van der Waals surface area contributed by atoms with Gasteiger partial charge in [0.15, 0.2) is 0 Å². The average molecular weight is 303 g/mol. The molecule has 0 bridgehead atoms. The largest absolute Gasteiger partial charge is 0.278 e. The fourth-order valence-corrected chi connectivity index (χ4v) is 3.66. The average Bonchev–Trinajstić information content (AvgIpc) is 2.94. The molecule has 1 aliphatic carbocycles. The van der Waals surface area contributed by atoms with E-state index in [9.17, 15) is 9.59 Å². The first-order valence-corrected chi connectivity index (χ1v) is 7.42. The van der Waals surface area contributed by atoms with E-state index in [4.69, 9.17) is 16.9 Å². The normalized spacial score (nSPS) is 27.9. The molecule has 1 saturated carbocycles. The molecule has 4 nitrogen and oxygen atoms in total. The van der Waals surface area contributed by atoms with Crippen LogP contribution in [0.2, 0.25) is 5.02 Å². The summed E-state index contributed by atoms with van der Waals surface area (Å²) < 4.78 is 0. The molecule has 0 spiro atoms. The fraction of sp³-hybridized carbons (Fsp3) is 0.438. The summed E-state index contributed by atoms with van der Waals surface area (Å²) in [6, 6.07) is 6.93. The van der Waals surface area contributed by atoms with Gasteiger partial charge < -0.3 is 0 Å². The van der Waals surface area contributed by atoms with E-state index in [2.05, 4.69) is 6.92 Å². The summed E-state index contributed by atoms with van der Waals surface area (Å²) in [5, 5.41) is 9.24. The van der Waals surface area contributed by atoms with E-state index < -0.39 is 0 Å². The Morgan fingerprint density at radius 3 is 2.43 bits per heavy atom. The Hall–Kier alpha value is -1.86. The number of nitrogens with zero attached hydrogens (tertiary/aromatic N) is 2. The molecule has 2 unspecified atom stereocenters. The Bertz CT molecular complexity index is 641. The van der Waals surface area contributed by atoms with Crippen LogP contribution in [0.5, 0.6) is 0 Å². The highest BCUT2D eigenvalue weighted by Gasteiger charge is 2.51. The number of fused-ring (bicyclic) bond motifs is 1. The van der Waals surface area contributed by atoms with Crippen molar-refractivity contribution in [1.82, 2.24) is 4.90 Å². The standard InChI is InChI=1S/C16H15ClN2O2/c1-9-4-12-13(5-9)16(21)19(15(12)20)8-11-3-2-10(7-18)6-14(11)17/h2-3,6,9,12-13H,4-5,8H2,1H3. The van der Waals surface area contributed by atoms with Gasteiger partial charge in [0, 0.05) is 5.02 Å². The fourth-order valence-electron chi connectivity index (χ4n) is 3.42. The lowest BCUT2D eigenvalue weighted by molar-refractivity contribution is -0.141. The van der Waals surface area contributed by atoms with Gasteiger partial charge in [-0.15, -0.1) is 0 Å². The van der Waals surface area contributed by atoms with Crippen molar-refractivity contribution in [3.05, 3.63) is 34.3 Å². The molecule has 2 aliphatic rings. The van der Waals surface area contributed by atoms with Crippen molar-refractivity contribution in [2.75, 3.05) is 0 Å². The Balaban J connectivity index is 1.82. The van der Waals surface area contributed by atoms with Crippen LogP contribution in [0.1, 0.15) is 30.9 Å². The molecule has 2 atom stereocenters. The Morgan fingerprint density at radius 2 is 1.90 bits per heavy atom. The molecule has 1 heterocycles. The number of likely N-dealkylation sites (tertiary alicyclic amines) is 1. The monoisotopic (exact) mass is 302 g/mol. The first-order chi connectivity index (χ1) is 10.0. The van der Waals surface area contributed by atoms with E-state index in [-0.39, 0.29) is 30.2 Å². The van der Waals surface area contributed by atoms with Crippen molar-refractivity contribution >= 4 is 23.4 Å². The highest BCUT2D eigenvalue weighted by molar-refractivity contribution is 6.31. The zero-order valence-electron chi connectivity index (χ0n) is 11.7. The van der Waals surface area contributed by atoms with Gasteiger partial charge in [-0.25, -0.2) is 0 Å². The third-order valence-electron chi connectivity index (χ3n) is 4.48. The van der Waals surface area contributed by atoms with Crippen molar-refractivity contribution in [2.24, 2.45) is 17.8 Å². The van der Waals surface area contributed by atoms with Crippen LogP contribution >= 0.6 is 11.6 Å². The maximum absolute atomic E-state index is 12.4. The second kappa shape index (κ2) is 5.16. The van der Waals surface area contributed by atoms with Crippen molar-refractivity contribution in [2.45, 2.75) is 26.3 Å². The van der Waals surface area contributed by atoms with Gasteiger partial charge in [-0.05, 0) is 36.5 Å². The van der Waals surface area contributed by atoms with Crippen LogP contribution in [0.15, 0.2) is 18.2 Å². The molecule has 1 aromatic carbocycles. The van der Waals surface area contributed by atoms with Gasteiger partial charge in [-0.1, -0.05) is 24.6 Å². The van der Waals surface area contributed by atoms with E-state index in [1.807, 2.05) is 6.07 Å². The molecule has 108 valence electrons. The molecule has 1 saturated heterocycles. The molecule has 5 heteroatoms. The third-order valence-corrected chi connectivity index (χ3v) is 4.83. The lowest BCUT2D eigenvalue weighted by atomic mass is 10.00. The van der Waals surface area contributed by atoms with Crippen LogP contribution in [0.25, 0.3) is 0 Å². The minimum Gasteiger partial charge on any atom is -0.278 e. The van der Waals surface area contributed by atoms with Crippen LogP contribution in [-0.4, -0.2) is 16.7 Å². The molecule has 1 aliphatic heterocycles. The van der Waals surface area contributed by atoms with Gasteiger partial charge in [0.1, 0.15) is 0 Å². The highest BCUT2D eigenvalue weighted by Crippen LogP contribution is 2.43. The molecule has 0 radical (unpaired) electrons. The lowest BCUT2D eigenvalue weighted by Gasteiger charge is -2.17. The van der Waals surface area contributed by atoms with Gasteiger partial charge in [0.25, 0.3) is 0 Å². The Kier molecular flexibility index (Phi) is 3.46.